The number of hydrogen-bond donors (Lipinski definition) is 1. The van der Waals surface area contributed by atoms with Crippen molar-refractivity contribution in [3.05, 3.63) is 35.9 Å². The molecule has 1 fully saturated rings. The lowest BCUT2D eigenvalue weighted by atomic mass is 9.98. The summed E-state index contributed by atoms with van der Waals surface area (Å²) in [7, 11) is 0. The Morgan fingerprint density at radius 1 is 1.44 bits per heavy atom. The molecule has 1 aromatic carbocycles. The average molecular weight is 246 g/mol. The first-order valence-electron chi connectivity index (χ1n) is 6.75. The molecule has 2 rings (SSSR count). The molecule has 98 valence electrons. The van der Waals surface area contributed by atoms with Crippen molar-refractivity contribution in [2.24, 2.45) is 11.7 Å². The first-order valence-corrected chi connectivity index (χ1v) is 6.75. The maximum Gasteiger partial charge on any atom is 0.224 e. The maximum absolute atomic E-state index is 12.2. The van der Waals surface area contributed by atoms with Crippen molar-refractivity contribution in [3.8, 4) is 0 Å². The first-order chi connectivity index (χ1) is 8.66. The van der Waals surface area contributed by atoms with Gasteiger partial charge in [0.25, 0.3) is 0 Å². The minimum Gasteiger partial charge on any atom is -0.342 e. The van der Waals surface area contributed by atoms with Crippen LogP contribution in [0.4, 0.5) is 0 Å². The SMILES string of the molecule is CC1CCCN(C(=O)C[C@H](N)c2ccccc2)C1. The predicted molar refractivity (Wildman–Crippen MR) is 73.0 cm³/mol. The predicted octanol–water partition coefficient (Wildman–Crippen LogP) is 2.34. The molecule has 1 unspecified atom stereocenters. The Balaban J connectivity index is 1.91. The van der Waals surface area contributed by atoms with Crippen LogP contribution >= 0.6 is 0 Å². The van der Waals surface area contributed by atoms with E-state index in [9.17, 15) is 4.79 Å². The minimum atomic E-state index is -0.184. The molecule has 0 spiro atoms. The normalized spacial score (nSPS) is 21.7. The molecule has 18 heavy (non-hydrogen) atoms. The molecular weight excluding hydrogens is 224 g/mol. The molecule has 1 amide bonds. The van der Waals surface area contributed by atoms with Gasteiger partial charge >= 0.3 is 0 Å². The van der Waals surface area contributed by atoms with Gasteiger partial charge in [-0.05, 0) is 24.3 Å². The van der Waals surface area contributed by atoms with Crippen molar-refractivity contribution < 1.29 is 4.79 Å². The fourth-order valence-corrected chi connectivity index (χ4v) is 2.55. The Morgan fingerprint density at radius 3 is 2.83 bits per heavy atom. The third-order valence-electron chi connectivity index (χ3n) is 3.63. The van der Waals surface area contributed by atoms with E-state index in [4.69, 9.17) is 5.73 Å². The van der Waals surface area contributed by atoms with E-state index >= 15 is 0 Å². The smallest absolute Gasteiger partial charge is 0.224 e. The molecule has 3 nitrogen and oxygen atoms in total. The molecule has 2 N–H and O–H groups in total. The van der Waals surface area contributed by atoms with E-state index in [0.717, 1.165) is 25.1 Å². The number of benzene rings is 1. The van der Waals surface area contributed by atoms with Crippen LogP contribution in [0.25, 0.3) is 0 Å². The summed E-state index contributed by atoms with van der Waals surface area (Å²) in [6.45, 7) is 3.99. The largest absolute Gasteiger partial charge is 0.342 e. The second-order valence-corrected chi connectivity index (χ2v) is 5.31. The summed E-state index contributed by atoms with van der Waals surface area (Å²) in [5.41, 5.74) is 7.13. The van der Waals surface area contributed by atoms with E-state index in [-0.39, 0.29) is 11.9 Å². The topological polar surface area (TPSA) is 46.3 Å². The Kier molecular flexibility index (Phi) is 4.37. The average Bonchev–Trinajstić information content (AvgIpc) is 2.39. The standard InChI is InChI=1S/C15H22N2O/c1-12-6-5-9-17(11-12)15(18)10-14(16)13-7-3-2-4-8-13/h2-4,7-8,12,14H,5-6,9-11,16H2,1H3/t12?,14-/m0/s1. The molecule has 1 saturated heterocycles. The van der Waals surface area contributed by atoms with Gasteiger partial charge in [0.1, 0.15) is 0 Å². The fraction of sp³-hybridized carbons (Fsp3) is 0.533. The van der Waals surface area contributed by atoms with Crippen molar-refractivity contribution in [2.45, 2.75) is 32.2 Å². The molecule has 1 aliphatic heterocycles. The summed E-state index contributed by atoms with van der Waals surface area (Å²) in [5, 5.41) is 0. The molecule has 0 radical (unpaired) electrons. The molecule has 2 atom stereocenters. The van der Waals surface area contributed by atoms with Gasteiger partial charge in [-0.15, -0.1) is 0 Å². The second-order valence-electron chi connectivity index (χ2n) is 5.31. The van der Waals surface area contributed by atoms with Crippen LogP contribution in [0.5, 0.6) is 0 Å². The molecule has 0 bridgehead atoms. The highest BCUT2D eigenvalue weighted by Crippen LogP contribution is 2.19. The first kappa shape index (κ1) is 13.1. The zero-order chi connectivity index (χ0) is 13.0. The molecule has 0 aliphatic carbocycles. The minimum absolute atomic E-state index is 0.184. The number of amides is 1. The van der Waals surface area contributed by atoms with E-state index in [1.165, 1.54) is 6.42 Å². The lowest BCUT2D eigenvalue weighted by molar-refractivity contribution is -0.133. The van der Waals surface area contributed by atoms with Crippen LogP contribution in [-0.2, 0) is 4.79 Å². The number of piperidine rings is 1. The van der Waals surface area contributed by atoms with Gasteiger partial charge < -0.3 is 10.6 Å². The molecule has 0 saturated carbocycles. The van der Waals surface area contributed by atoms with Crippen molar-refractivity contribution >= 4 is 5.91 Å². The maximum atomic E-state index is 12.2. The zero-order valence-electron chi connectivity index (χ0n) is 11.0. The van der Waals surface area contributed by atoms with Crippen LogP contribution in [0.1, 0.15) is 37.8 Å². The van der Waals surface area contributed by atoms with Gasteiger partial charge in [0.05, 0.1) is 0 Å². The summed E-state index contributed by atoms with van der Waals surface area (Å²) in [6.07, 6.45) is 2.76. The molecule has 0 aromatic heterocycles. The monoisotopic (exact) mass is 246 g/mol. The van der Waals surface area contributed by atoms with Crippen molar-refractivity contribution in [3.63, 3.8) is 0 Å². The van der Waals surface area contributed by atoms with Crippen LogP contribution in [-0.4, -0.2) is 23.9 Å². The van der Waals surface area contributed by atoms with E-state index in [0.29, 0.717) is 12.3 Å². The Labute approximate surface area is 109 Å². The highest BCUT2D eigenvalue weighted by atomic mass is 16.2. The van der Waals surface area contributed by atoms with Gasteiger partial charge in [-0.3, -0.25) is 4.79 Å². The molecule has 1 heterocycles. The summed E-state index contributed by atoms with van der Waals surface area (Å²) < 4.78 is 0. The van der Waals surface area contributed by atoms with Gasteiger partial charge in [0.15, 0.2) is 0 Å². The second kappa shape index (κ2) is 6.01. The lowest BCUT2D eigenvalue weighted by Gasteiger charge is -2.31. The summed E-state index contributed by atoms with van der Waals surface area (Å²) in [4.78, 5) is 14.1. The lowest BCUT2D eigenvalue weighted by Crippen LogP contribution is -2.40. The number of likely N-dealkylation sites (tertiary alicyclic amines) is 1. The van der Waals surface area contributed by atoms with Gasteiger partial charge in [-0.1, -0.05) is 37.3 Å². The quantitative estimate of drug-likeness (QED) is 0.889. The van der Waals surface area contributed by atoms with E-state index in [2.05, 4.69) is 6.92 Å². The molecule has 1 aliphatic rings. The van der Waals surface area contributed by atoms with Gasteiger partial charge in [0, 0.05) is 25.6 Å². The Bertz CT molecular complexity index is 391. The van der Waals surface area contributed by atoms with E-state index < -0.39 is 0 Å². The summed E-state index contributed by atoms with van der Waals surface area (Å²) in [5.74, 6) is 0.813. The van der Waals surface area contributed by atoms with Crippen molar-refractivity contribution in [1.82, 2.24) is 4.90 Å². The van der Waals surface area contributed by atoms with E-state index in [1.54, 1.807) is 0 Å². The highest BCUT2D eigenvalue weighted by molar-refractivity contribution is 5.77. The summed E-state index contributed by atoms with van der Waals surface area (Å²) in [6, 6.07) is 9.67. The van der Waals surface area contributed by atoms with Gasteiger partial charge in [-0.2, -0.15) is 0 Å². The van der Waals surface area contributed by atoms with Crippen LogP contribution in [0.15, 0.2) is 30.3 Å². The van der Waals surface area contributed by atoms with E-state index in [1.807, 2.05) is 35.2 Å². The number of nitrogens with two attached hydrogens (primary N) is 1. The zero-order valence-corrected chi connectivity index (χ0v) is 11.0. The number of nitrogens with zero attached hydrogens (tertiary/aromatic N) is 1. The van der Waals surface area contributed by atoms with Crippen LogP contribution in [0, 0.1) is 5.92 Å². The molecular formula is C15H22N2O. The third kappa shape index (κ3) is 3.33. The number of carbonyl (C=O) groups is 1. The van der Waals surface area contributed by atoms with Crippen molar-refractivity contribution in [2.75, 3.05) is 13.1 Å². The van der Waals surface area contributed by atoms with Crippen LogP contribution in [0.2, 0.25) is 0 Å². The molecule has 3 heteroatoms. The van der Waals surface area contributed by atoms with Crippen LogP contribution in [0.3, 0.4) is 0 Å². The van der Waals surface area contributed by atoms with Crippen molar-refractivity contribution in [1.29, 1.82) is 0 Å². The highest BCUT2D eigenvalue weighted by Gasteiger charge is 2.22. The molecule has 1 aromatic rings. The Hall–Kier alpha value is -1.35. The number of rotatable bonds is 3. The third-order valence-corrected chi connectivity index (χ3v) is 3.63. The fourth-order valence-electron chi connectivity index (χ4n) is 2.55. The van der Waals surface area contributed by atoms with Gasteiger partial charge in [-0.25, -0.2) is 0 Å². The number of hydrogen-bond acceptors (Lipinski definition) is 2. The number of carbonyl (C=O) groups excluding carboxylic acids is 1. The van der Waals surface area contributed by atoms with Gasteiger partial charge in [0.2, 0.25) is 5.91 Å². The summed E-state index contributed by atoms with van der Waals surface area (Å²) >= 11 is 0. The van der Waals surface area contributed by atoms with Crippen LogP contribution < -0.4 is 5.73 Å². The Morgan fingerprint density at radius 2 is 2.17 bits per heavy atom.